The van der Waals surface area contributed by atoms with Crippen molar-refractivity contribution < 1.29 is 17.9 Å². The fraction of sp³-hybridized carbons (Fsp3) is 0.300. The van der Waals surface area contributed by atoms with E-state index in [9.17, 15) is 13.2 Å². The number of esters is 1. The van der Waals surface area contributed by atoms with E-state index in [0.29, 0.717) is 5.56 Å². The Hall–Kier alpha value is -1.07. The van der Waals surface area contributed by atoms with Crippen molar-refractivity contribution >= 4 is 25.7 Å². The van der Waals surface area contributed by atoms with Gasteiger partial charge in [-0.15, -0.1) is 0 Å². The molecule has 0 bridgehead atoms. The minimum Gasteiger partial charge on any atom is -0.469 e. The van der Waals surface area contributed by atoms with E-state index in [1.54, 1.807) is 6.92 Å². The van der Waals surface area contributed by atoms with Gasteiger partial charge in [-0.05, 0) is 24.6 Å². The molecule has 0 N–H and O–H groups in total. The Morgan fingerprint density at radius 1 is 1.31 bits per heavy atom. The van der Waals surface area contributed by atoms with Crippen LogP contribution in [0.2, 0.25) is 0 Å². The first-order valence-electron chi connectivity index (χ1n) is 4.48. The molecule has 0 saturated heterocycles. The molecule has 0 radical (unpaired) electrons. The fourth-order valence-corrected chi connectivity index (χ4v) is 2.00. The molecule has 1 aromatic rings. The second-order valence-corrected chi connectivity index (χ2v) is 5.82. The predicted octanol–water partition coefficient (Wildman–Crippen LogP) is 1.89. The third-order valence-corrected chi connectivity index (χ3v) is 3.59. The van der Waals surface area contributed by atoms with Crippen LogP contribution in [-0.4, -0.2) is 21.5 Å². The Labute approximate surface area is 98.6 Å². The Bertz CT molecular complexity index is 478. The van der Waals surface area contributed by atoms with Gasteiger partial charge in [0.15, 0.2) is 0 Å². The van der Waals surface area contributed by atoms with Crippen molar-refractivity contribution in [3.63, 3.8) is 0 Å². The molecular weight excluding hydrogens is 252 g/mol. The van der Waals surface area contributed by atoms with E-state index in [1.807, 2.05) is 0 Å². The smallest absolute Gasteiger partial charge is 0.312 e. The largest absolute Gasteiger partial charge is 0.469 e. The molecule has 4 nitrogen and oxygen atoms in total. The molecule has 1 aromatic carbocycles. The zero-order chi connectivity index (χ0) is 12.3. The summed E-state index contributed by atoms with van der Waals surface area (Å²) in [5, 5.41) is 0. The van der Waals surface area contributed by atoms with E-state index in [2.05, 4.69) is 4.74 Å². The van der Waals surface area contributed by atoms with Gasteiger partial charge < -0.3 is 4.74 Å². The van der Waals surface area contributed by atoms with Crippen molar-refractivity contribution in [1.82, 2.24) is 0 Å². The normalized spacial score (nSPS) is 13.2. The summed E-state index contributed by atoms with van der Waals surface area (Å²) >= 11 is 0. The highest BCUT2D eigenvalue weighted by molar-refractivity contribution is 8.13. The summed E-state index contributed by atoms with van der Waals surface area (Å²) in [5.74, 6) is -0.807. The summed E-state index contributed by atoms with van der Waals surface area (Å²) in [7, 11) is 2.75. The Balaban J connectivity index is 3.00. The lowest BCUT2D eigenvalue weighted by atomic mass is 10.0. The van der Waals surface area contributed by atoms with Crippen molar-refractivity contribution in [2.75, 3.05) is 7.11 Å². The highest BCUT2D eigenvalue weighted by Crippen LogP contribution is 2.20. The standard InChI is InChI=1S/C10H11ClO4S/c1-7(10(12)15-2)8-3-5-9(6-4-8)16(11,13)14/h3-7H,1-2H3. The van der Waals surface area contributed by atoms with Gasteiger partial charge >= 0.3 is 5.97 Å². The lowest BCUT2D eigenvalue weighted by molar-refractivity contribution is -0.141. The van der Waals surface area contributed by atoms with Gasteiger partial charge in [0, 0.05) is 10.7 Å². The van der Waals surface area contributed by atoms with E-state index in [1.165, 1.54) is 31.4 Å². The second kappa shape index (κ2) is 4.84. The van der Waals surface area contributed by atoms with Crippen molar-refractivity contribution in [1.29, 1.82) is 0 Å². The SMILES string of the molecule is COC(=O)C(C)c1ccc(S(=O)(=O)Cl)cc1. The third kappa shape index (κ3) is 2.96. The molecule has 6 heteroatoms. The molecule has 1 atom stereocenters. The van der Waals surface area contributed by atoms with Crippen LogP contribution in [0.1, 0.15) is 18.4 Å². The highest BCUT2D eigenvalue weighted by atomic mass is 35.7. The van der Waals surface area contributed by atoms with Gasteiger partial charge in [-0.3, -0.25) is 4.79 Å². The molecule has 0 saturated carbocycles. The maximum absolute atomic E-state index is 11.2. The van der Waals surface area contributed by atoms with Crippen LogP contribution in [0, 0.1) is 0 Å². The van der Waals surface area contributed by atoms with E-state index >= 15 is 0 Å². The monoisotopic (exact) mass is 262 g/mol. The lowest BCUT2D eigenvalue weighted by Gasteiger charge is -2.09. The number of halogens is 1. The average molecular weight is 263 g/mol. The summed E-state index contributed by atoms with van der Waals surface area (Å²) < 4.78 is 26.5. The first kappa shape index (κ1) is 13.0. The van der Waals surface area contributed by atoms with Gasteiger partial charge in [-0.2, -0.15) is 0 Å². The number of hydrogen-bond donors (Lipinski definition) is 0. The van der Waals surface area contributed by atoms with Crippen LogP contribution in [0.25, 0.3) is 0 Å². The predicted molar refractivity (Wildman–Crippen MR) is 59.9 cm³/mol. The molecule has 0 amide bonds. The van der Waals surface area contributed by atoms with Crippen LogP contribution in [0.15, 0.2) is 29.2 Å². The molecular formula is C10H11ClO4S. The molecule has 88 valence electrons. The van der Waals surface area contributed by atoms with Gasteiger partial charge in [0.1, 0.15) is 0 Å². The third-order valence-electron chi connectivity index (χ3n) is 2.22. The van der Waals surface area contributed by atoms with Crippen molar-refractivity contribution in [2.45, 2.75) is 17.7 Å². The van der Waals surface area contributed by atoms with Gasteiger partial charge in [0.25, 0.3) is 9.05 Å². The summed E-state index contributed by atoms with van der Waals surface area (Å²) in [6, 6.07) is 5.79. The Kier molecular flexibility index (Phi) is 3.93. The molecule has 0 fully saturated rings. The number of carbonyl (C=O) groups excluding carboxylic acids is 1. The molecule has 0 aliphatic carbocycles. The highest BCUT2D eigenvalue weighted by Gasteiger charge is 2.16. The maximum Gasteiger partial charge on any atom is 0.312 e. The summed E-state index contributed by atoms with van der Waals surface area (Å²) in [6.45, 7) is 1.68. The van der Waals surface area contributed by atoms with Gasteiger partial charge in [-0.25, -0.2) is 8.42 Å². The summed E-state index contributed by atoms with van der Waals surface area (Å²) in [4.78, 5) is 11.2. The van der Waals surface area contributed by atoms with Gasteiger partial charge in [-0.1, -0.05) is 12.1 Å². The van der Waals surface area contributed by atoms with Crippen molar-refractivity contribution in [3.8, 4) is 0 Å². The first-order chi connectivity index (χ1) is 7.36. The molecule has 0 heterocycles. The number of benzene rings is 1. The lowest BCUT2D eigenvalue weighted by Crippen LogP contribution is -2.10. The van der Waals surface area contributed by atoms with Crippen LogP contribution >= 0.6 is 10.7 Å². The minimum atomic E-state index is -3.72. The second-order valence-electron chi connectivity index (χ2n) is 3.25. The van der Waals surface area contributed by atoms with Crippen molar-refractivity contribution in [2.24, 2.45) is 0 Å². The molecule has 0 spiro atoms. The Morgan fingerprint density at radius 2 is 1.81 bits per heavy atom. The zero-order valence-corrected chi connectivity index (χ0v) is 10.4. The molecule has 1 unspecified atom stereocenters. The number of ether oxygens (including phenoxy) is 1. The number of methoxy groups -OCH3 is 1. The number of hydrogen-bond acceptors (Lipinski definition) is 4. The van der Waals surface area contributed by atoms with Crippen LogP contribution in [-0.2, 0) is 18.6 Å². The van der Waals surface area contributed by atoms with Crippen LogP contribution in [0.5, 0.6) is 0 Å². The van der Waals surface area contributed by atoms with E-state index in [0.717, 1.165) is 0 Å². The Morgan fingerprint density at radius 3 is 2.19 bits per heavy atom. The molecule has 0 aromatic heterocycles. The topological polar surface area (TPSA) is 60.4 Å². The molecule has 0 aliphatic heterocycles. The van der Waals surface area contributed by atoms with Crippen LogP contribution in [0.3, 0.4) is 0 Å². The minimum absolute atomic E-state index is 0.00924. The molecule has 0 aliphatic rings. The van der Waals surface area contributed by atoms with E-state index < -0.39 is 15.0 Å². The van der Waals surface area contributed by atoms with Crippen molar-refractivity contribution in [3.05, 3.63) is 29.8 Å². The maximum atomic E-state index is 11.2. The van der Waals surface area contributed by atoms with E-state index in [4.69, 9.17) is 10.7 Å². The molecule has 1 rings (SSSR count). The van der Waals surface area contributed by atoms with E-state index in [-0.39, 0.29) is 10.9 Å². The van der Waals surface area contributed by atoms with Crippen LogP contribution < -0.4 is 0 Å². The van der Waals surface area contributed by atoms with Gasteiger partial charge in [0.05, 0.1) is 17.9 Å². The number of rotatable bonds is 3. The first-order valence-corrected chi connectivity index (χ1v) is 6.79. The summed E-state index contributed by atoms with van der Waals surface area (Å²) in [6.07, 6.45) is 0. The summed E-state index contributed by atoms with van der Waals surface area (Å²) in [5.41, 5.74) is 0.677. The molecule has 16 heavy (non-hydrogen) atoms. The van der Waals surface area contributed by atoms with Crippen LogP contribution in [0.4, 0.5) is 0 Å². The zero-order valence-electron chi connectivity index (χ0n) is 8.81. The average Bonchev–Trinajstić information content (AvgIpc) is 2.26. The quantitative estimate of drug-likeness (QED) is 0.617. The fourth-order valence-electron chi connectivity index (χ4n) is 1.23. The number of carbonyl (C=O) groups is 1. The van der Waals surface area contributed by atoms with Gasteiger partial charge in [0.2, 0.25) is 0 Å².